The summed E-state index contributed by atoms with van der Waals surface area (Å²) in [6.45, 7) is 9.87. The summed E-state index contributed by atoms with van der Waals surface area (Å²) >= 11 is 6.04. The second-order valence-electron chi connectivity index (χ2n) is 8.34. The molecule has 158 valence electrons. The topological polar surface area (TPSA) is 41.1 Å². The molecule has 0 heterocycles. The van der Waals surface area contributed by atoms with Crippen LogP contribution in [0, 0.1) is 5.92 Å². The molecule has 2 rings (SSSR count). The van der Waals surface area contributed by atoms with Crippen LogP contribution in [0.3, 0.4) is 0 Å². The van der Waals surface area contributed by atoms with Gasteiger partial charge in [0.2, 0.25) is 5.91 Å². The minimum Gasteiger partial charge on any atom is -0.372 e. The van der Waals surface area contributed by atoms with Crippen molar-refractivity contribution >= 4 is 28.9 Å². The lowest BCUT2D eigenvalue weighted by Crippen LogP contribution is -2.39. The molecule has 2 N–H and O–H groups in total. The third-order valence-electron chi connectivity index (χ3n) is 4.55. The van der Waals surface area contributed by atoms with E-state index in [4.69, 9.17) is 11.6 Å². The lowest BCUT2D eigenvalue weighted by atomic mass is 9.85. The van der Waals surface area contributed by atoms with E-state index in [-0.39, 0.29) is 28.0 Å². The fourth-order valence-electron chi connectivity index (χ4n) is 2.97. The van der Waals surface area contributed by atoms with Crippen LogP contribution in [0.1, 0.15) is 45.7 Å². The maximum atomic E-state index is 13.0. The second-order valence-corrected chi connectivity index (χ2v) is 8.75. The van der Waals surface area contributed by atoms with E-state index in [0.717, 1.165) is 17.7 Å². The Morgan fingerprint density at radius 3 is 2.14 bits per heavy atom. The number of benzene rings is 2. The zero-order chi connectivity index (χ0) is 22.0. The molecule has 0 radical (unpaired) electrons. The number of carbonyl (C=O) groups excluding carboxylic acids is 1. The van der Waals surface area contributed by atoms with Crippen LogP contribution in [-0.4, -0.2) is 11.9 Å². The fourth-order valence-corrected chi connectivity index (χ4v) is 3.20. The van der Waals surface area contributed by atoms with Crippen molar-refractivity contribution in [3.8, 4) is 0 Å². The minimum atomic E-state index is -4.48. The van der Waals surface area contributed by atoms with Crippen molar-refractivity contribution in [1.82, 2.24) is 0 Å². The van der Waals surface area contributed by atoms with E-state index in [1.54, 1.807) is 0 Å². The van der Waals surface area contributed by atoms with Gasteiger partial charge in [-0.3, -0.25) is 4.79 Å². The number of anilines is 2. The molecular weight excluding hydrogens is 401 g/mol. The van der Waals surface area contributed by atoms with Gasteiger partial charge in [-0.05, 0) is 41.2 Å². The Balaban J connectivity index is 2.26. The molecule has 0 aromatic heterocycles. The SMILES string of the molecule is CC(C)[C@@H](Nc1ccc(C(F)(F)F)cc1Cl)C(=O)Nc1ccccc1C(C)(C)C. The number of carbonyl (C=O) groups is 1. The largest absolute Gasteiger partial charge is 0.416 e. The normalized spacial score (nSPS) is 13.3. The molecule has 0 fully saturated rings. The summed E-state index contributed by atoms with van der Waals surface area (Å²) < 4.78 is 38.6. The average Bonchev–Trinajstić information content (AvgIpc) is 2.58. The molecule has 29 heavy (non-hydrogen) atoms. The monoisotopic (exact) mass is 426 g/mol. The van der Waals surface area contributed by atoms with E-state index >= 15 is 0 Å². The van der Waals surface area contributed by atoms with E-state index in [1.165, 1.54) is 6.07 Å². The third kappa shape index (κ3) is 5.89. The molecule has 0 saturated heterocycles. The van der Waals surface area contributed by atoms with Gasteiger partial charge in [-0.1, -0.05) is 64.4 Å². The van der Waals surface area contributed by atoms with Crippen molar-refractivity contribution in [1.29, 1.82) is 0 Å². The Hall–Kier alpha value is -2.21. The number of halogens is 4. The van der Waals surface area contributed by atoms with Gasteiger partial charge in [-0.15, -0.1) is 0 Å². The molecule has 0 saturated carbocycles. The first-order valence-electron chi connectivity index (χ1n) is 9.34. The quantitative estimate of drug-likeness (QED) is 0.556. The van der Waals surface area contributed by atoms with Crippen molar-refractivity contribution in [2.24, 2.45) is 5.92 Å². The van der Waals surface area contributed by atoms with Crippen LogP contribution in [0.5, 0.6) is 0 Å². The van der Waals surface area contributed by atoms with Crippen molar-refractivity contribution < 1.29 is 18.0 Å². The Morgan fingerprint density at radius 2 is 1.62 bits per heavy atom. The van der Waals surface area contributed by atoms with E-state index in [0.29, 0.717) is 5.69 Å². The first kappa shape index (κ1) is 23.1. The van der Waals surface area contributed by atoms with Crippen LogP contribution < -0.4 is 10.6 Å². The predicted octanol–water partition coefficient (Wildman–Crippen LogP) is 6.73. The van der Waals surface area contributed by atoms with Crippen molar-refractivity contribution in [2.45, 2.75) is 52.3 Å². The lowest BCUT2D eigenvalue weighted by molar-refractivity contribution is -0.137. The number of rotatable bonds is 5. The van der Waals surface area contributed by atoms with Gasteiger partial charge in [0.25, 0.3) is 0 Å². The summed E-state index contributed by atoms with van der Waals surface area (Å²) in [7, 11) is 0. The lowest BCUT2D eigenvalue weighted by Gasteiger charge is -2.27. The van der Waals surface area contributed by atoms with E-state index < -0.39 is 17.8 Å². The Bertz CT molecular complexity index is 873. The first-order valence-corrected chi connectivity index (χ1v) is 9.72. The fraction of sp³-hybridized carbons (Fsp3) is 0.409. The predicted molar refractivity (Wildman–Crippen MR) is 112 cm³/mol. The van der Waals surface area contributed by atoms with Gasteiger partial charge in [-0.2, -0.15) is 13.2 Å². The van der Waals surface area contributed by atoms with Gasteiger partial charge in [-0.25, -0.2) is 0 Å². The zero-order valence-electron chi connectivity index (χ0n) is 17.1. The molecule has 0 aliphatic heterocycles. The van der Waals surface area contributed by atoms with Gasteiger partial charge in [0, 0.05) is 5.69 Å². The third-order valence-corrected chi connectivity index (χ3v) is 4.86. The molecule has 0 unspecified atom stereocenters. The van der Waals surface area contributed by atoms with Crippen LogP contribution in [0.4, 0.5) is 24.5 Å². The minimum absolute atomic E-state index is 0.0895. The van der Waals surface area contributed by atoms with Gasteiger partial charge in [0.05, 0.1) is 16.3 Å². The molecule has 1 atom stereocenters. The van der Waals surface area contributed by atoms with Crippen LogP contribution in [-0.2, 0) is 16.4 Å². The number of hydrogen-bond acceptors (Lipinski definition) is 2. The Kier molecular flexibility index (Phi) is 6.89. The highest BCUT2D eigenvalue weighted by Crippen LogP contribution is 2.34. The van der Waals surface area contributed by atoms with Crippen LogP contribution in [0.2, 0.25) is 5.02 Å². The molecular formula is C22H26ClF3N2O. The summed E-state index contributed by atoms with van der Waals surface area (Å²) in [6, 6.07) is 9.91. The summed E-state index contributed by atoms with van der Waals surface area (Å²) in [6.07, 6.45) is -4.48. The Labute approximate surface area is 174 Å². The van der Waals surface area contributed by atoms with Crippen LogP contribution >= 0.6 is 11.6 Å². The zero-order valence-corrected chi connectivity index (χ0v) is 17.9. The molecule has 2 aromatic rings. The van der Waals surface area contributed by atoms with E-state index in [1.807, 2.05) is 38.1 Å². The van der Waals surface area contributed by atoms with Crippen molar-refractivity contribution in [3.63, 3.8) is 0 Å². The molecule has 7 heteroatoms. The number of nitrogens with one attached hydrogen (secondary N) is 2. The standard InChI is InChI=1S/C22H26ClF3N2O/c1-13(2)19(27-18-11-10-14(12-16(18)23)22(24,25)26)20(29)28-17-9-7-6-8-15(17)21(3,4)5/h6-13,19,27H,1-5H3,(H,28,29)/t19-/m1/s1. The number of hydrogen-bond donors (Lipinski definition) is 2. The van der Waals surface area contributed by atoms with Crippen LogP contribution in [0.25, 0.3) is 0 Å². The summed E-state index contributed by atoms with van der Waals surface area (Å²) in [5, 5.41) is 5.85. The average molecular weight is 427 g/mol. The van der Waals surface area contributed by atoms with Gasteiger partial charge in [0.15, 0.2) is 0 Å². The number of para-hydroxylation sites is 1. The van der Waals surface area contributed by atoms with Gasteiger partial charge < -0.3 is 10.6 Å². The Morgan fingerprint density at radius 1 is 1.00 bits per heavy atom. The smallest absolute Gasteiger partial charge is 0.372 e. The molecule has 0 bridgehead atoms. The van der Waals surface area contributed by atoms with Crippen LogP contribution in [0.15, 0.2) is 42.5 Å². The summed E-state index contributed by atoms with van der Waals surface area (Å²) in [5.41, 5.74) is 0.969. The molecule has 0 aliphatic carbocycles. The summed E-state index contributed by atoms with van der Waals surface area (Å²) in [5.74, 6) is -0.414. The molecule has 0 spiro atoms. The molecule has 0 aliphatic rings. The van der Waals surface area contributed by atoms with E-state index in [9.17, 15) is 18.0 Å². The van der Waals surface area contributed by atoms with Gasteiger partial charge >= 0.3 is 6.18 Å². The van der Waals surface area contributed by atoms with Gasteiger partial charge in [0.1, 0.15) is 6.04 Å². The summed E-state index contributed by atoms with van der Waals surface area (Å²) in [4.78, 5) is 13.0. The highest BCUT2D eigenvalue weighted by Gasteiger charge is 2.31. The van der Waals surface area contributed by atoms with E-state index in [2.05, 4.69) is 31.4 Å². The highest BCUT2D eigenvalue weighted by molar-refractivity contribution is 6.33. The number of amides is 1. The first-order chi connectivity index (χ1) is 13.3. The highest BCUT2D eigenvalue weighted by atomic mass is 35.5. The number of alkyl halides is 3. The van der Waals surface area contributed by atoms with Crippen molar-refractivity contribution in [3.05, 3.63) is 58.6 Å². The second kappa shape index (κ2) is 8.66. The molecule has 2 aromatic carbocycles. The van der Waals surface area contributed by atoms with Crippen molar-refractivity contribution in [2.75, 3.05) is 10.6 Å². The molecule has 1 amide bonds. The maximum Gasteiger partial charge on any atom is 0.416 e. The maximum absolute atomic E-state index is 13.0. The molecule has 3 nitrogen and oxygen atoms in total.